The third-order valence-electron chi connectivity index (χ3n) is 3.87. The Morgan fingerprint density at radius 1 is 0.952 bits per heavy atom. The number of carbonyl (C=O) groups excluding carboxylic acids is 2. The van der Waals surface area contributed by atoms with Gasteiger partial charge in [0.15, 0.2) is 0 Å². The van der Waals surface area contributed by atoms with Crippen molar-refractivity contribution >= 4 is 22.6 Å². The largest absolute Gasteiger partial charge is 0.464 e. The standard InChI is InChI=1S/C17H11NO3/c1-18-16(19)12-9-10-5-2-3-6-11(10)14(15(12)17(18)20)13-7-4-8-21-13/h2-9H,1H3. The Labute approximate surface area is 120 Å². The van der Waals surface area contributed by atoms with Crippen molar-refractivity contribution in [3.8, 4) is 11.3 Å². The Morgan fingerprint density at radius 3 is 2.52 bits per heavy atom. The van der Waals surface area contributed by atoms with Crippen molar-refractivity contribution in [3.63, 3.8) is 0 Å². The summed E-state index contributed by atoms with van der Waals surface area (Å²) in [6.07, 6.45) is 1.56. The molecule has 0 N–H and O–H groups in total. The van der Waals surface area contributed by atoms with E-state index in [1.54, 1.807) is 24.5 Å². The van der Waals surface area contributed by atoms with E-state index >= 15 is 0 Å². The number of hydrogen-bond donors (Lipinski definition) is 0. The van der Waals surface area contributed by atoms with Crippen molar-refractivity contribution in [2.45, 2.75) is 0 Å². The highest BCUT2D eigenvalue weighted by atomic mass is 16.3. The van der Waals surface area contributed by atoms with Crippen LogP contribution < -0.4 is 0 Å². The lowest BCUT2D eigenvalue weighted by Gasteiger charge is -2.09. The van der Waals surface area contributed by atoms with Crippen molar-refractivity contribution in [2.24, 2.45) is 0 Å². The molecule has 0 saturated carbocycles. The lowest BCUT2D eigenvalue weighted by Crippen LogP contribution is -2.24. The molecule has 0 radical (unpaired) electrons. The molecule has 4 nitrogen and oxygen atoms in total. The molecule has 2 aromatic carbocycles. The maximum atomic E-state index is 12.4. The molecule has 2 heterocycles. The van der Waals surface area contributed by atoms with Crippen LogP contribution in [0.2, 0.25) is 0 Å². The van der Waals surface area contributed by atoms with Gasteiger partial charge < -0.3 is 4.42 Å². The average Bonchev–Trinajstić information content (AvgIpc) is 3.10. The quantitative estimate of drug-likeness (QED) is 0.641. The Kier molecular flexibility index (Phi) is 2.30. The average molecular weight is 277 g/mol. The van der Waals surface area contributed by atoms with Gasteiger partial charge in [0, 0.05) is 12.6 Å². The second-order valence-electron chi connectivity index (χ2n) is 5.04. The van der Waals surface area contributed by atoms with E-state index in [9.17, 15) is 9.59 Å². The van der Waals surface area contributed by atoms with Crippen molar-refractivity contribution in [3.05, 3.63) is 59.9 Å². The third-order valence-corrected chi connectivity index (χ3v) is 3.87. The SMILES string of the molecule is CN1C(=O)c2cc3ccccc3c(-c3ccco3)c2C1=O. The number of nitrogens with zero attached hydrogens (tertiary/aromatic N) is 1. The minimum absolute atomic E-state index is 0.270. The molecule has 0 atom stereocenters. The molecule has 2 amide bonds. The van der Waals surface area contributed by atoms with E-state index in [1.165, 1.54) is 7.05 Å². The fraction of sp³-hybridized carbons (Fsp3) is 0.0588. The Hall–Kier alpha value is -2.88. The van der Waals surface area contributed by atoms with Gasteiger partial charge in [-0.05, 0) is 29.0 Å². The smallest absolute Gasteiger partial charge is 0.262 e. The van der Waals surface area contributed by atoms with Gasteiger partial charge in [0.1, 0.15) is 5.76 Å². The topological polar surface area (TPSA) is 50.5 Å². The minimum Gasteiger partial charge on any atom is -0.464 e. The monoisotopic (exact) mass is 277 g/mol. The van der Waals surface area contributed by atoms with Gasteiger partial charge >= 0.3 is 0 Å². The van der Waals surface area contributed by atoms with Crippen LogP contribution in [-0.2, 0) is 0 Å². The summed E-state index contributed by atoms with van der Waals surface area (Å²) < 4.78 is 5.49. The molecule has 0 spiro atoms. The van der Waals surface area contributed by atoms with Crippen LogP contribution in [0.25, 0.3) is 22.1 Å². The molecule has 1 aliphatic rings. The van der Waals surface area contributed by atoms with Gasteiger partial charge in [0.25, 0.3) is 11.8 Å². The van der Waals surface area contributed by atoms with Crippen molar-refractivity contribution in [2.75, 3.05) is 7.05 Å². The van der Waals surface area contributed by atoms with Gasteiger partial charge in [-0.15, -0.1) is 0 Å². The Balaban J connectivity index is 2.20. The molecule has 4 heteroatoms. The van der Waals surface area contributed by atoms with E-state index in [1.807, 2.05) is 24.3 Å². The minimum atomic E-state index is -0.285. The number of hydrogen-bond acceptors (Lipinski definition) is 3. The van der Waals surface area contributed by atoms with Crippen LogP contribution in [-0.4, -0.2) is 23.8 Å². The van der Waals surface area contributed by atoms with Gasteiger partial charge in [0.05, 0.1) is 17.4 Å². The van der Waals surface area contributed by atoms with Crippen LogP contribution in [0.15, 0.2) is 53.1 Å². The highest BCUT2D eigenvalue weighted by molar-refractivity contribution is 6.26. The van der Waals surface area contributed by atoms with Crippen LogP contribution in [0, 0.1) is 0 Å². The fourth-order valence-electron chi connectivity index (χ4n) is 2.86. The summed E-state index contributed by atoms with van der Waals surface area (Å²) in [5.74, 6) is 0.0419. The number of carbonyl (C=O) groups is 2. The molecule has 21 heavy (non-hydrogen) atoms. The molecule has 0 unspecified atom stereocenters. The van der Waals surface area contributed by atoms with Crippen molar-refractivity contribution in [1.82, 2.24) is 4.90 Å². The summed E-state index contributed by atoms with van der Waals surface area (Å²) >= 11 is 0. The summed E-state index contributed by atoms with van der Waals surface area (Å²) in [6.45, 7) is 0. The molecular formula is C17H11NO3. The zero-order valence-electron chi connectivity index (χ0n) is 11.3. The maximum Gasteiger partial charge on any atom is 0.262 e. The number of rotatable bonds is 1. The summed E-state index contributed by atoms with van der Waals surface area (Å²) in [5, 5.41) is 1.82. The molecule has 1 aromatic heterocycles. The number of fused-ring (bicyclic) bond motifs is 2. The highest BCUT2D eigenvalue weighted by Gasteiger charge is 2.36. The van der Waals surface area contributed by atoms with E-state index in [0.717, 1.165) is 15.7 Å². The first-order valence-electron chi connectivity index (χ1n) is 6.60. The van der Waals surface area contributed by atoms with Crippen LogP contribution in [0.1, 0.15) is 20.7 Å². The molecular weight excluding hydrogens is 266 g/mol. The molecule has 1 aliphatic heterocycles. The first-order chi connectivity index (χ1) is 10.2. The summed E-state index contributed by atoms with van der Waals surface area (Å²) in [6, 6.07) is 13.0. The summed E-state index contributed by atoms with van der Waals surface area (Å²) in [5.41, 5.74) is 1.56. The van der Waals surface area contributed by atoms with E-state index in [0.29, 0.717) is 22.5 Å². The molecule has 0 fully saturated rings. The van der Waals surface area contributed by atoms with Crippen molar-refractivity contribution in [1.29, 1.82) is 0 Å². The predicted molar refractivity (Wildman–Crippen MR) is 78.1 cm³/mol. The van der Waals surface area contributed by atoms with E-state index in [2.05, 4.69) is 0 Å². The lowest BCUT2D eigenvalue weighted by atomic mass is 9.93. The molecule has 0 aliphatic carbocycles. The van der Waals surface area contributed by atoms with E-state index in [4.69, 9.17) is 4.42 Å². The third kappa shape index (κ3) is 1.50. The number of imide groups is 1. The zero-order valence-corrected chi connectivity index (χ0v) is 11.3. The fourth-order valence-corrected chi connectivity index (χ4v) is 2.86. The first-order valence-corrected chi connectivity index (χ1v) is 6.60. The predicted octanol–water partition coefficient (Wildman–Crippen LogP) is 3.33. The maximum absolute atomic E-state index is 12.4. The zero-order chi connectivity index (χ0) is 14.6. The number of benzene rings is 2. The van der Waals surface area contributed by atoms with Crippen LogP contribution in [0.3, 0.4) is 0 Å². The highest BCUT2D eigenvalue weighted by Crippen LogP contribution is 2.38. The van der Waals surface area contributed by atoms with Gasteiger partial charge in [-0.3, -0.25) is 14.5 Å². The van der Waals surface area contributed by atoms with Gasteiger partial charge in [-0.25, -0.2) is 0 Å². The first kappa shape index (κ1) is 11.9. The Bertz CT molecular complexity index is 894. The lowest BCUT2D eigenvalue weighted by molar-refractivity contribution is 0.0693. The number of furan rings is 1. The molecule has 4 rings (SSSR count). The van der Waals surface area contributed by atoms with Crippen molar-refractivity contribution < 1.29 is 14.0 Å². The van der Waals surface area contributed by atoms with Gasteiger partial charge in [-0.2, -0.15) is 0 Å². The molecule has 0 saturated heterocycles. The van der Waals surface area contributed by atoms with E-state index < -0.39 is 0 Å². The van der Waals surface area contributed by atoms with Gasteiger partial charge in [-0.1, -0.05) is 24.3 Å². The van der Waals surface area contributed by atoms with Crippen LogP contribution in [0.4, 0.5) is 0 Å². The van der Waals surface area contributed by atoms with Crippen LogP contribution >= 0.6 is 0 Å². The molecule has 0 bridgehead atoms. The molecule has 102 valence electrons. The second-order valence-corrected chi connectivity index (χ2v) is 5.04. The number of amides is 2. The van der Waals surface area contributed by atoms with Crippen LogP contribution in [0.5, 0.6) is 0 Å². The Morgan fingerprint density at radius 2 is 1.76 bits per heavy atom. The second kappa shape index (κ2) is 4.06. The normalized spacial score (nSPS) is 14.0. The van der Waals surface area contributed by atoms with Gasteiger partial charge in [0.2, 0.25) is 0 Å². The summed E-state index contributed by atoms with van der Waals surface area (Å²) in [4.78, 5) is 25.8. The summed E-state index contributed by atoms with van der Waals surface area (Å²) in [7, 11) is 1.50. The molecule has 3 aromatic rings. The van der Waals surface area contributed by atoms with E-state index in [-0.39, 0.29) is 11.8 Å².